The Morgan fingerprint density at radius 3 is 2.50 bits per heavy atom. The Labute approximate surface area is 174 Å². The minimum absolute atomic E-state index is 0.243. The van der Waals surface area contributed by atoms with Gasteiger partial charge < -0.3 is 9.88 Å². The maximum absolute atomic E-state index is 13.1. The third-order valence-corrected chi connectivity index (χ3v) is 5.09. The number of rotatable bonds is 5. The Morgan fingerprint density at radius 1 is 1.07 bits per heavy atom. The lowest BCUT2D eigenvalue weighted by Crippen LogP contribution is -2.25. The van der Waals surface area contributed by atoms with Crippen molar-refractivity contribution in [2.75, 3.05) is 0 Å². The Balaban J connectivity index is 1.71. The highest BCUT2D eigenvalue weighted by Gasteiger charge is 2.19. The molecule has 1 N–H and O–H groups in total. The van der Waals surface area contributed by atoms with E-state index in [0.29, 0.717) is 12.2 Å². The van der Waals surface area contributed by atoms with Crippen LogP contribution in [0.4, 0.5) is 4.39 Å². The van der Waals surface area contributed by atoms with E-state index in [1.807, 2.05) is 55.9 Å². The van der Waals surface area contributed by atoms with Gasteiger partial charge in [0.05, 0.1) is 11.4 Å². The molecule has 6 heteroatoms. The van der Waals surface area contributed by atoms with Crippen LogP contribution in [0.2, 0.25) is 0 Å². The second kappa shape index (κ2) is 7.99. The summed E-state index contributed by atoms with van der Waals surface area (Å²) in [4.78, 5) is 13.1. The molecule has 1 amide bonds. The molecule has 0 spiro atoms. The van der Waals surface area contributed by atoms with Crippen LogP contribution in [-0.2, 0) is 13.6 Å². The smallest absolute Gasteiger partial charge is 0.270 e. The first kappa shape index (κ1) is 19.6. The molecule has 0 aliphatic rings. The summed E-state index contributed by atoms with van der Waals surface area (Å²) < 4.78 is 16.8. The van der Waals surface area contributed by atoms with Crippen LogP contribution in [0.15, 0.2) is 66.9 Å². The van der Waals surface area contributed by atoms with Gasteiger partial charge in [-0.25, -0.2) is 9.07 Å². The molecule has 2 heterocycles. The number of aromatic nitrogens is 3. The number of carbonyl (C=O) groups excluding carboxylic acids is 1. The minimum Gasteiger partial charge on any atom is -0.349 e. The van der Waals surface area contributed by atoms with E-state index in [4.69, 9.17) is 5.10 Å². The molecule has 0 unspecified atom stereocenters. The monoisotopic (exact) mass is 402 g/mol. The molecule has 152 valence electrons. The SMILES string of the molecule is Cc1ccc(-n2nc(-c3cccn3C)cc2C(=O)NCc2ccc(F)cc2)c(C)c1. The van der Waals surface area contributed by atoms with Crippen LogP contribution in [0.5, 0.6) is 0 Å². The summed E-state index contributed by atoms with van der Waals surface area (Å²) in [6.45, 7) is 4.34. The molecule has 4 rings (SSSR count). The number of amides is 1. The standard InChI is InChI=1S/C24H23FN4O/c1-16-6-11-21(17(2)13-16)29-23(14-20(27-29)22-5-4-12-28(22)3)24(30)26-15-18-7-9-19(25)10-8-18/h4-14H,15H2,1-3H3,(H,26,30). The van der Waals surface area contributed by atoms with Gasteiger partial charge in [0.25, 0.3) is 5.91 Å². The van der Waals surface area contributed by atoms with Crippen LogP contribution < -0.4 is 5.32 Å². The van der Waals surface area contributed by atoms with E-state index in [9.17, 15) is 9.18 Å². The second-order valence-corrected chi connectivity index (χ2v) is 7.43. The topological polar surface area (TPSA) is 51.9 Å². The molecule has 0 aliphatic carbocycles. The molecule has 0 saturated carbocycles. The first-order valence-electron chi connectivity index (χ1n) is 9.74. The number of hydrogen-bond donors (Lipinski definition) is 1. The van der Waals surface area contributed by atoms with Gasteiger partial charge in [0.1, 0.15) is 17.2 Å². The zero-order valence-electron chi connectivity index (χ0n) is 17.2. The van der Waals surface area contributed by atoms with Crippen LogP contribution in [-0.4, -0.2) is 20.3 Å². The van der Waals surface area contributed by atoms with Crippen molar-refractivity contribution in [3.63, 3.8) is 0 Å². The summed E-state index contributed by atoms with van der Waals surface area (Å²) in [6, 6.07) is 17.8. The van der Waals surface area contributed by atoms with Crippen molar-refractivity contribution in [2.45, 2.75) is 20.4 Å². The summed E-state index contributed by atoms with van der Waals surface area (Å²) >= 11 is 0. The van der Waals surface area contributed by atoms with Gasteiger partial charge in [-0.1, -0.05) is 29.8 Å². The summed E-state index contributed by atoms with van der Waals surface area (Å²) in [5.41, 5.74) is 5.94. The molecule has 5 nitrogen and oxygen atoms in total. The van der Waals surface area contributed by atoms with Crippen molar-refractivity contribution in [1.29, 1.82) is 0 Å². The maximum Gasteiger partial charge on any atom is 0.270 e. The molecule has 0 saturated heterocycles. The third kappa shape index (κ3) is 3.89. The van der Waals surface area contributed by atoms with Crippen LogP contribution in [0, 0.1) is 19.7 Å². The van der Waals surface area contributed by atoms with Gasteiger partial charge in [-0.2, -0.15) is 5.10 Å². The summed E-state index contributed by atoms with van der Waals surface area (Å²) in [5.74, 6) is -0.544. The van der Waals surface area contributed by atoms with Crippen molar-refractivity contribution in [3.05, 3.63) is 95.1 Å². The molecule has 30 heavy (non-hydrogen) atoms. The number of hydrogen-bond acceptors (Lipinski definition) is 2. The van der Waals surface area contributed by atoms with Crippen molar-refractivity contribution >= 4 is 5.91 Å². The zero-order valence-corrected chi connectivity index (χ0v) is 17.2. The van der Waals surface area contributed by atoms with Gasteiger partial charge in [-0.15, -0.1) is 0 Å². The predicted octanol–water partition coefficient (Wildman–Crippen LogP) is 4.56. The fourth-order valence-corrected chi connectivity index (χ4v) is 3.50. The zero-order chi connectivity index (χ0) is 21.3. The van der Waals surface area contributed by atoms with Gasteiger partial charge in [0.2, 0.25) is 0 Å². The molecule has 0 bridgehead atoms. The van der Waals surface area contributed by atoms with Crippen LogP contribution in [0.3, 0.4) is 0 Å². The lowest BCUT2D eigenvalue weighted by atomic mass is 10.1. The van der Waals surface area contributed by atoms with Crippen molar-refractivity contribution < 1.29 is 9.18 Å². The average molecular weight is 402 g/mol. The summed E-state index contributed by atoms with van der Waals surface area (Å²) in [7, 11) is 1.94. The van der Waals surface area contributed by atoms with Gasteiger partial charge in [0.15, 0.2) is 0 Å². The molecule has 4 aromatic rings. The van der Waals surface area contributed by atoms with E-state index in [-0.39, 0.29) is 11.7 Å². The third-order valence-electron chi connectivity index (χ3n) is 5.09. The highest BCUT2D eigenvalue weighted by atomic mass is 19.1. The molecule has 0 fully saturated rings. The summed E-state index contributed by atoms with van der Waals surface area (Å²) in [5, 5.41) is 7.67. The largest absolute Gasteiger partial charge is 0.349 e. The van der Waals surface area contributed by atoms with Crippen LogP contribution in [0.25, 0.3) is 17.1 Å². The first-order valence-corrected chi connectivity index (χ1v) is 9.74. The number of halogens is 1. The normalized spacial score (nSPS) is 10.9. The van der Waals surface area contributed by atoms with Crippen LogP contribution in [0.1, 0.15) is 27.2 Å². The second-order valence-electron chi connectivity index (χ2n) is 7.43. The van der Waals surface area contributed by atoms with Gasteiger partial charge in [-0.05, 0) is 61.4 Å². The maximum atomic E-state index is 13.1. The molecular formula is C24H23FN4O. The highest BCUT2D eigenvalue weighted by Crippen LogP contribution is 2.24. The molecular weight excluding hydrogens is 379 g/mol. The fraction of sp³-hybridized carbons (Fsp3) is 0.167. The quantitative estimate of drug-likeness (QED) is 0.532. The Bertz CT molecular complexity index is 1200. The van der Waals surface area contributed by atoms with Gasteiger partial charge >= 0.3 is 0 Å². The summed E-state index contributed by atoms with van der Waals surface area (Å²) in [6.07, 6.45) is 1.94. The lowest BCUT2D eigenvalue weighted by Gasteiger charge is -2.11. The highest BCUT2D eigenvalue weighted by molar-refractivity contribution is 5.94. The van der Waals surface area contributed by atoms with E-state index in [2.05, 4.69) is 11.4 Å². The van der Waals surface area contributed by atoms with Crippen LogP contribution >= 0.6 is 0 Å². The number of carbonyl (C=O) groups is 1. The van der Waals surface area contributed by atoms with E-state index < -0.39 is 0 Å². The molecule has 0 radical (unpaired) electrons. The van der Waals surface area contributed by atoms with E-state index in [0.717, 1.165) is 33.8 Å². The first-order chi connectivity index (χ1) is 14.4. The molecule has 2 aromatic carbocycles. The Kier molecular flexibility index (Phi) is 5.23. The van der Waals surface area contributed by atoms with Crippen molar-refractivity contribution in [1.82, 2.24) is 19.7 Å². The number of nitrogens with zero attached hydrogens (tertiary/aromatic N) is 3. The predicted molar refractivity (Wildman–Crippen MR) is 115 cm³/mol. The fourth-order valence-electron chi connectivity index (χ4n) is 3.50. The Morgan fingerprint density at radius 2 is 1.83 bits per heavy atom. The number of aryl methyl sites for hydroxylation is 3. The van der Waals surface area contributed by atoms with E-state index >= 15 is 0 Å². The number of benzene rings is 2. The molecule has 0 atom stereocenters. The van der Waals surface area contributed by atoms with E-state index in [1.165, 1.54) is 12.1 Å². The Hall–Kier alpha value is -3.67. The van der Waals surface area contributed by atoms with E-state index in [1.54, 1.807) is 22.9 Å². The van der Waals surface area contributed by atoms with Gasteiger partial charge in [-0.3, -0.25) is 4.79 Å². The molecule has 0 aliphatic heterocycles. The minimum atomic E-state index is -0.301. The van der Waals surface area contributed by atoms with Gasteiger partial charge in [0, 0.05) is 19.8 Å². The molecule has 2 aromatic heterocycles. The lowest BCUT2D eigenvalue weighted by molar-refractivity contribution is 0.0943. The number of nitrogens with one attached hydrogen (secondary N) is 1. The van der Waals surface area contributed by atoms with Crippen molar-refractivity contribution in [3.8, 4) is 17.1 Å². The average Bonchev–Trinajstić information content (AvgIpc) is 3.33. The van der Waals surface area contributed by atoms with Crippen molar-refractivity contribution in [2.24, 2.45) is 7.05 Å².